The average Bonchev–Trinajstić information content (AvgIpc) is 2.47. The summed E-state index contributed by atoms with van der Waals surface area (Å²) in [4.78, 5) is 2.44. The Morgan fingerprint density at radius 1 is 1.05 bits per heavy atom. The molecule has 4 nitrogen and oxygen atoms in total. The molecule has 1 radical (unpaired) electrons. The second-order valence-electron chi connectivity index (χ2n) is 6.25. The van der Waals surface area contributed by atoms with Gasteiger partial charge in [0.2, 0.25) is 10.0 Å². The fraction of sp³-hybridized carbons (Fsp3) is 0.929. The third-order valence-electron chi connectivity index (χ3n) is 5.02. The number of piperidine rings is 3. The van der Waals surface area contributed by atoms with Gasteiger partial charge in [-0.25, -0.2) is 12.7 Å². The van der Waals surface area contributed by atoms with Crippen LogP contribution in [0, 0.1) is 12.3 Å². The molecule has 0 unspecified atom stereocenters. The van der Waals surface area contributed by atoms with Gasteiger partial charge in [-0.2, -0.15) is 0 Å². The van der Waals surface area contributed by atoms with Crippen molar-refractivity contribution in [2.24, 2.45) is 5.92 Å². The molecule has 3 aliphatic heterocycles. The highest BCUT2D eigenvalue weighted by atomic mass is 32.2. The highest BCUT2D eigenvalue weighted by Gasteiger charge is 2.34. The van der Waals surface area contributed by atoms with Crippen LogP contribution in [0.2, 0.25) is 0 Å². The third kappa shape index (κ3) is 3.14. The maximum atomic E-state index is 12.3. The van der Waals surface area contributed by atoms with Gasteiger partial charge in [-0.15, -0.1) is 0 Å². The van der Waals surface area contributed by atoms with E-state index in [0.717, 1.165) is 31.8 Å². The predicted molar refractivity (Wildman–Crippen MR) is 76.2 cm³/mol. The van der Waals surface area contributed by atoms with Gasteiger partial charge in [0.1, 0.15) is 0 Å². The van der Waals surface area contributed by atoms with Gasteiger partial charge in [-0.3, -0.25) is 4.90 Å². The molecule has 0 amide bonds. The summed E-state index contributed by atoms with van der Waals surface area (Å²) in [5, 5.41) is 0. The van der Waals surface area contributed by atoms with Crippen molar-refractivity contribution in [3.63, 3.8) is 0 Å². The number of nitrogens with zero attached hydrogens (tertiary/aromatic N) is 2. The zero-order valence-electron chi connectivity index (χ0n) is 11.6. The fourth-order valence-corrected chi connectivity index (χ4v) is 5.30. The van der Waals surface area contributed by atoms with E-state index in [0.29, 0.717) is 24.9 Å². The second kappa shape index (κ2) is 5.70. The van der Waals surface area contributed by atoms with E-state index in [1.807, 2.05) is 0 Å². The van der Waals surface area contributed by atoms with Gasteiger partial charge >= 0.3 is 0 Å². The zero-order valence-corrected chi connectivity index (χ0v) is 12.4. The first-order valence-corrected chi connectivity index (χ1v) is 9.29. The normalized spacial score (nSPS) is 33.7. The van der Waals surface area contributed by atoms with Crippen molar-refractivity contribution >= 4 is 10.0 Å². The molecule has 4 aliphatic rings. The smallest absolute Gasteiger partial charge is 0.215 e. The zero-order chi connectivity index (χ0) is 13.3. The number of hydrogen-bond acceptors (Lipinski definition) is 3. The SMILES string of the molecule is O=S(=O)(CCN1CC2CCC1CC2)N1CC[CH]CC1. The van der Waals surface area contributed by atoms with Gasteiger partial charge in [0, 0.05) is 32.2 Å². The van der Waals surface area contributed by atoms with Crippen LogP contribution >= 0.6 is 0 Å². The lowest BCUT2D eigenvalue weighted by molar-refractivity contribution is 0.0543. The lowest BCUT2D eigenvalue weighted by atomic mass is 9.80. The molecule has 3 saturated heterocycles. The van der Waals surface area contributed by atoms with Gasteiger partial charge in [0.25, 0.3) is 0 Å². The number of rotatable bonds is 4. The first-order chi connectivity index (χ1) is 9.15. The Bertz CT molecular complexity index is 396. The first-order valence-electron chi connectivity index (χ1n) is 7.69. The molecule has 4 fully saturated rings. The van der Waals surface area contributed by atoms with E-state index in [9.17, 15) is 8.42 Å². The summed E-state index contributed by atoms with van der Waals surface area (Å²) in [5.74, 6) is 1.15. The van der Waals surface area contributed by atoms with Crippen molar-refractivity contribution < 1.29 is 8.42 Å². The Labute approximate surface area is 117 Å². The molecule has 1 aliphatic carbocycles. The van der Waals surface area contributed by atoms with Crippen LogP contribution in [0.25, 0.3) is 0 Å². The Morgan fingerprint density at radius 3 is 2.32 bits per heavy atom. The second-order valence-corrected chi connectivity index (χ2v) is 8.34. The molecular weight excluding hydrogens is 260 g/mol. The van der Waals surface area contributed by atoms with Crippen molar-refractivity contribution in [2.45, 2.75) is 44.6 Å². The van der Waals surface area contributed by atoms with Crippen LogP contribution in [0.4, 0.5) is 0 Å². The van der Waals surface area contributed by atoms with Crippen LogP contribution in [-0.2, 0) is 10.0 Å². The van der Waals surface area contributed by atoms with Gasteiger partial charge in [-0.05, 0) is 50.9 Å². The summed E-state index contributed by atoms with van der Waals surface area (Å²) in [7, 11) is -3.03. The monoisotopic (exact) mass is 285 g/mol. The molecule has 109 valence electrons. The summed E-state index contributed by atoms with van der Waals surface area (Å²) in [6.45, 7) is 3.25. The first kappa shape index (κ1) is 13.8. The van der Waals surface area contributed by atoms with Crippen molar-refractivity contribution in [3.05, 3.63) is 6.42 Å². The minimum absolute atomic E-state index is 0.316. The highest BCUT2D eigenvalue weighted by Crippen LogP contribution is 2.34. The number of fused-ring (bicyclic) bond motifs is 3. The van der Waals surface area contributed by atoms with Crippen LogP contribution in [0.5, 0.6) is 0 Å². The lowest BCUT2D eigenvalue weighted by Gasteiger charge is -2.45. The maximum absolute atomic E-state index is 12.3. The quantitative estimate of drug-likeness (QED) is 0.786. The average molecular weight is 285 g/mol. The molecule has 3 heterocycles. The van der Waals surface area contributed by atoms with Crippen LogP contribution < -0.4 is 0 Å². The van der Waals surface area contributed by atoms with Crippen molar-refractivity contribution in [1.82, 2.24) is 9.21 Å². The van der Waals surface area contributed by atoms with Crippen LogP contribution in [0.3, 0.4) is 0 Å². The Morgan fingerprint density at radius 2 is 1.74 bits per heavy atom. The molecule has 5 heteroatoms. The molecule has 4 rings (SSSR count). The Kier molecular flexibility index (Phi) is 4.15. The predicted octanol–water partition coefficient (Wildman–Crippen LogP) is 1.49. The minimum atomic E-state index is -3.03. The van der Waals surface area contributed by atoms with Crippen molar-refractivity contribution in [2.75, 3.05) is 31.9 Å². The van der Waals surface area contributed by atoms with Crippen LogP contribution in [-0.4, -0.2) is 55.6 Å². The Balaban J connectivity index is 1.53. The summed E-state index contributed by atoms with van der Waals surface area (Å²) in [6, 6.07) is 0.662. The lowest BCUT2D eigenvalue weighted by Crippen LogP contribution is -2.50. The molecule has 0 aromatic heterocycles. The molecule has 0 N–H and O–H groups in total. The third-order valence-corrected chi connectivity index (χ3v) is 6.87. The number of sulfonamides is 1. The van der Waals surface area contributed by atoms with Crippen LogP contribution in [0.15, 0.2) is 0 Å². The van der Waals surface area contributed by atoms with Gasteiger partial charge in [-0.1, -0.05) is 0 Å². The van der Waals surface area contributed by atoms with E-state index >= 15 is 0 Å². The molecule has 0 atom stereocenters. The maximum Gasteiger partial charge on any atom is 0.215 e. The van der Waals surface area contributed by atoms with Crippen LogP contribution in [0.1, 0.15) is 38.5 Å². The van der Waals surface area contributed by atoms with Crippen molar-refractivity contribution in [3.8, 4) is 0 Å². The fourth-order valence-electron chi connectivity index (χ4n) is 3.81. The summed E-state index contributed by atoms with van der Waals surface area (Å²) >= 11 is 0. The molecule has 0 aromatic rings. The molecule has 19 heavy (non-hydrogen) atoms. The largest absolute Gasteiger partial charge is 0.299 e. The highest BCUT2D eigenvalue weighted by molar-refractivity contribution is 7.89. The van der Waals surface area contributed by atoms with E-state index < -0.39 is 10.0 Å². The molecular formula is C14H25N2O2S. The van der Waals surface area contributed by atoms with Gasteiger partial charge in [0.15, 0.2) is 0 Å². The summed E-state index contributed by atoms with van der Waals surface area (Å²) < 4.78 is 26.3. The summed E-state index contributed by atoms with van der Waals surface area (Å²) in [5.41, 5.74) is 0. The van der Waals surface area contributed by atoms with Gasteiger partial charge in [0.05, 0.1) is 5.75 Å². The molecule has 1 saturated carbocycles. The molecule has 0 aromatic carbocycles. The van der Waals surface area contributed by atoms with Gasteiger partial charge < -0.3 is 0 Å². The van der Waals surface area contributed by atoms with E-state index in [4.69, 9.17) is 0 Å². The number of hydrogen-bond donors (Lipinski definition) is 0. The van der Waals surface area contributed by atoms with E-state index in [1.54, 1.807) is 4.31 Å². The molecule has 2 bridgehead atoms. The minimum Gasteiger partial charge on any atom is -0.299 e. The standard InChI is InChI=1S/C14H25N2O2S/c17-19(18,16-8-2-1-3-9-16)11-10-15-12-13-4-6-14(15)7-5-13/h1,13-14H,2-12H2. The topological polar surface area (TPSA) is 40.6 Å². The van der Waals surface area contributed by atoms with E-state index in [-0.39, 0.29) is 0 Å². The Hall–Kier alpha value is -0.130. The molecule has 0 spiro atoms. The van der Waals surface area contributed by atoms with E-state index in [1.165, 1.54) is 25.7 Å². The summed E-state index contributed by atoms with van der Waals surface area (Å²) in [6.07, 6.45) is 9.29. The van der Waals surface area contributed by atoms with E-state index in [2.05, 4.69) is 11.3 Å². The van der Waals surface area contributed by atoms with Crippen molar-refractivity contribution in [1.29, 1.82) is 0 Å².